The molecule has 0 saturated carbocycles. The van der Waals surface area contributed by atoms with E-state index in [1.807, 2.05) is 43.4 Å². The van der Waals surface area contributed by atoms with E-state index in [0.717, 1.165) is 33.6 Å². The predicted molar refractivity (Wildman–Crippen MR) is 110 cm³/mol. The van der Waals surface area contributed by atoms with E-state index in [2.05, 4.69) is 40.3 Å². The van der Waals surface area contributed by atoms with Gasteiger partial charge < -0.3 is 15.4 Å². The number of likely N-dealkylation sites (N-methyl/N-ethyl adjacent to an activating group) is 1. The van der Waals surface area contributed by atoms with Crippen LogP contribution in [0.25, 0.3) is 11.1 Å². The zero-order chi connectivity index (χ0) is 19.7. The molecule has 0 spiro atoms. The maximum absolute atomic E-state index is 6.20. The van der Waals surface area contributed by atoms with E-state index in [1.165, 1.54) is 6.33 Å². The summed E-state index contributed by atoms with van der Waals surface area (Å²) in [6.45, 7) is 2.71. The number of nitrogens with zero attached hydrogens (tertiary/aromatic N) is 4. The Bertz CT molecular complexity index is 1030. The number of ether oxygens (including phenoxy) is 1. The summed E-state index contributed by atoms with van der Waals surface area (Å²) in [5, 5.41) is 0. The highest BCUT2D eigenvalue weighted by atomic mass is 16.5. The van der Waals surface area contributed by atoms with Crippen LogP contribution in [0.2, 0.25) is 0 Å². The Kier molecular flexibility index (Phi) is 4.47. The van der Waals surface area contributed by atoms with Crippen molar-refractivity contribution in [3.63, 3.8) is 0 Å². The van der Waals surface area contributed by atoms with Crippen molar-refractivity contribution in [1.82, 2.24) is 14.9 Å². The third kappa shape index (κ3) is 2.97. The summed E-state index contributed by atoms with van der Waals surface area (Å²) in [7, 11) is 3.65. The number of guanidine groups is 1. The van der Waals surface area contributed by atoms with Crippen molar-refractivity contribution in [2.75, 3.05) is 20.7 Å². The van der Waals surface area contributed by atoms with Crippen LogP contribution in [0.5, 0.6) is 5.75 Å². The Hall–Kier alpha value is -3.41. The summed E-state index contributed by atoms with van der Waals surface area (Å²) in [5.74, 6) is 1.39. The lowest BCUT2D eigenvalue weighted by Crippen LogP contribution is -2.34. The molecule has 142 valence electrons. The molecule has 2 aromatic carbocycles. The van der Waals surface area contributed by atoms with Gasteiger partial charge in [0.15, 0.2) is 5.96 Å². The molecule has 0 fully saturated rings. The molecule has 0 bridgehead atoms. The summed E-state index contributed by atoms with van der Waals surface area (Å²) >= 11 is 0. The van der Waals surface area contributed by atoms with Gasteiger partial charge in [-0.25, -0.2) is 15.0 Å². The molecule has 1 aliphatic heterocycles. The molecule has 1 aliphatic rings. The fraction of sp³-hybridized carbons (Fsp3) is 0.227. The van der Waals surface area contributed by atoms with Gasteiger partial charge >= 0.3 is 0 Å². The summed E-state index contributed by atoms with van der Waals surface area (Å²) in [5.41, 5.74) is 10.9. The molecule has 6 nitrogen and oxygen atoms in total. The lowest BCUT2D eigenvalue weighted by atomic mass is 9.82. The van der Waals surface area contributed by atoms with Gasteiger partial charge in [0.2, 0.25) is 0 Å². The zero-order valence-corrected chi connectivity index (χ0v) is 16.3. The molecule has 2 heterocycles. The van der Waals surface area contributed by atoms with Crippen LogP contribution in [0.4, 0.5) is 0 Å². The van der Waals surface area contributed by atoms with Gasteiger partial charge in [0.1, 0.15) is 17.6 Å². The Balaban J connectivity index is 1.88. The monoisotopic (exact) mass is 373 g/mol. The molecule has 1 atom stereocenters. The number of hydrogen-bond donors (Lipinski definition) is 1. The standard InChI is InChI=1S/C22H23N5O/c1-15-9-19(7-8-20(15)28-3)22(13-27(2)21(23)26-22)18-6-4-5-16(10-18)17-11-24-14-25-12-17/h4-12,14H,13H2,1-3H3,(H2,23,26). The predicted octanol–water partition coefficient (Wildman–Crippen LogP) is 2.96. The first-order chi connectivity index (χ1) is 13.5. The smallest absolute Gasteiger partial charge is 0.192 e. The average molecular weight is 373 g/mol. The lowest BCUT2D eigenvalue weighted by Gasteiger charge is -2.29. The van der Waals surface area contributed by atoms with Crippen LogP contribution >= 0.6 is 0 Å². The molecular weight excluding hydrogens is 350 g/mol. The SMILES string of the molecule is COc1ccc(C2(c3cccc(-c4cncnc4)c3)CN(C)C(N)=N2)cc1C. The fourth-order valence-electron chi connectivity index (χ4n) is 3.76. The van der Waals surface area contributed by atoms with Gasteiger partial charge in [-0.2, -0.15) is 0 Å². The molecule has 0 amide bonds. The van der Waals surface area contributed by atoms with Gasteiger partial charge in [0, 0.05) is 25.0 Å². The van der Waals surface area contributed by atoms with E-state index in [0.29, 0.717) is 12.5 Å². The number of aliphatic imine (C=N–C) groups is 1. The number of rotatable bonds is 4. The Morgan fingerprint density at radius 2 is 1.79 bits per heavy atom. The number of nitrogens with two attached hydrogens (primary N) is 1. The first kappa shape index (κ1) is 18.0. The zero-order valence-electron chi connectivity index (χ0n) is 16.3. The van der Waals surface area contributed by atoms with E-state index in [-0.39, 0.29) is 0 Å². The second kappa shape index (κ2) is 6.96. The highest BCUT2D eigenvalue weighted by Gasteiger charge is 2.41. The number of hydrogen-bond acceptors (Lipinski definition) is 6. The second-order valence-corrected chi connectivity index (χ2v) is 7.08. The van der Waals surface area contributed by atoms with Crippen LogP contribution in [0.1, 0.15) is 16.7 Å². The van der Waals surface area contributed by atoms with Gasteiger partial charge in [-0.15, -0.1) is 0 Å². The van der Waals surface area contributed by atoms with Crippen molar-refractivity contribution < 1.29 is 4.74 Å². The van der Waals surface area contributed by atoms with Crippen molar-refractivity contribution >= 4 is 5.96 Å². The Morgan fingerprint density at radius 1 is 1.04 bits per heavy atom. The van der Waals surface area contributed by atoms with Crippen LogP contribution < -0.4 is 10.5 Å². The third-order valence-electron chi connectivity index (χ3n) is 5.27. The largest absolute Gasteiger partial charge is 0.496 e. The molecule has 6 heteroatoms. The van der Waals surface area contributed by atoms with Crippen LogP contribution in [-0.4, -0.2) is 41.5 Å². The first-order valence-electron chi connectivity index (χ1n) is 9.11. The minimum atomic E-state index is -0.582. The molecule has 4 rings (SSSR count). The second-order valence-electron chi connectivity index (χ2n) is 7.08. The van der Waals surface area contributed by atoms with Crippen LogP contribution in [0.15, 0.2) is 66.2 Å². The molecule has 0 radical (unpaired) electrons. The van der Waals surface area contributed by atoms with Crippen LogP contribution in [0.3, 0.4) is 0 Å². The molecule has 1 unspecified atom stereocenters. The summed E-state index contributed by atoms with van der Waals surface area (Å²) in [6, 6.07) is 14.5. The molecule has 0 aliphatic carbocycles. The maximum atomic E-state index is 6.20. The fourth-order valence-corrected chi connectivity index (χ4v) is 3.76. The number of benzene rings is 2. The quantitative estimate of drug-likeness (QED) is 0.761. The highest BCUT2D eigenvalue weighted by Crippen LogP contribution is 2.40. The van der Waals surface area contributed by atoms with Crippen molar-refractivity contribution in [1.29, 1.82) is 0 Å². The van der Waals surface area contributed by atoms with Gasteiger partial charge in [0.05, 0.1) is 13.7 Å². The Labute approximate surface area is 164 Å². The third-order valence-corrected chi connectivity index (χ3v) is 5.27. The van der Waals surface area contributed by atoms with E-state index in [4.69, 9.17) is 15.5 Å². The highest BCUT2D eigenvalue weighted by molar-refractivity contribution is 5.82. The Morgan fingerprint density at radius 3 is 2.43 bits per heavy atom. The molecule has 0 saturated heterocycles. The summed E-state index contributed by atoms with van der Waals surface area (Å²) in [6.07, 6.45) is 5.16. The van der Waals surface area contributed by atoms with Crippen molar-refractivity contribution in [2.45, 2.75) is 12.5 Å². The van der Waals surface area contributed by atoms with Gasteiger partial charge in [-0.05, 0) is 47.4 Å². The summed E-state index contributed by atoms with van der Waals surface area (Å²) < 4.78 is 5.44. The first-order valence-corrected chi connectivity index (χ1v) is 9.11. The minimum Gasteiger partial charge on any atom is -0.496 e. The van der Waals surface area contributed by atoms with Crippen molar-refractivity contribution in [3.8, 4) is 16.9 Å². The van der Waals surface area contributed by atoms with Crippen molar-refractivity contribution in [2.24, 2.45) is 10.7 Å². The van der Waals surface area contributed by atoms with E-state index >= 15 is 0 Å². The molecule has 28 heavy (non-hydrogen) atoms. The maximum Gasteiger partial charge on any atom is 0.192 e. The number of aromatic nitrogens is 2. The van der Waals surface area contributed by atoms with Gasteiger partial charge in [-0.3, -0.25) is 0 Å². The summed E-state index contributed by atoms with van der Waals surface area (Å²) in [4.78, 5) is 15.2. The lowest BCUT2D eigenvalue weighted by molar-refractivity contribution is 0.409. The molecule has 3 aromatic rings. The number of methoxy groups -OCH3 is 1. The van der Waals surface area contributed by atoms with Gasteiger partial charge in [0.25, 0.3) is 0 Å². The van der Waals surface area contributed by atoms with Crippen LogP contribution in [-0.2, 0) is 5.54 Å². The topological polar surface area (TPSA) is 76.6 Å². The van der Waals surface area contributed by atoms with E-state index < -0.39 is 5.54 Å². The minimum absolute atomic E-state index is 0.530. The normalized spacial score (nSPS) is 18.8. The molecule has 2 N–H and O–H groups in total. The van der Waals surface area contributed by atoms with Crippen molar-refractivity contribution in [3.05, 3.63) is 77.9 Å². The molecule has 1 aromatic heterocycles. The van der Waals surface area contributed by atoms with E-state index in [1.54, 1.807) is 7.11 Å². The average Bonchev–Trinajstić information content (AvgIpc) is 3.04. The van der Waals surface area contributed by atoms with Gasteiger partial charge in [-0.1, -0.05) is 24.3 Å². The van der Waals surface area contributed by atoms with Crippen LogP contribution in [0, 0.1) is 6.92 Å². The molecular formula is C22H23N5O. The number of aryl methyl sites for hydroxylation is 1. The van der Waals surface area contributed by atoms with E-state index in [9.17, 15) is 0 Å².